The molecule has 2 rings (SSSR count). The number of alkyl halides is 2. The van der Waals surface area contributed by atoms with Crippen LogP contribution in [0.25, 0.3) is 0 Å². The van der Waals surface area contributed by atoms with Crippen molar-refractivity contribution >= 4 is 17.5 Å². The molecule has 0 bridgehead atoms. The fourth-order valence-corrected chi connectivity index (χ4v) is 2.18. The summed E-state index contributed by atoms with van der Waals surface area (Å²) in [5.41, 5.74) is 1.01. The lowest BCUT2D eigenvalue weighted by atomic mass is 10.1. The van der Waals surface area contributed by atoms with Crippen LogP contribution in [0.15, 0.2) is 48.5 Å². The van der Waals surface area contributed by atoms with Crippen LogP contribution in [0.2, 0.25) is 5.02 Å². The maximum Gasteiger partial charge on any atom is 0.387 e. The summed E-state index contributed by atoms with van der Waals surface area (Å²) in [6.45, 7) is -1.14. The number of carbonyl (C=O) groups is 1. The molecule has 0 fully saturated rings. The van der Waals surface area contributed by atoms with Crippen LogP contribution in [0.5, 0.6) is 5.75 Å². The molecule has 0 radical (unpaired) electrons. The summed E-state index contributed by atoms with van der Waals surface area (Å²) in [6.07, 6.45) is 0. The molecule has 0 saturated carbocycles. The average Bonchev–Trinajstić information content (AvgIpc) is 2.47. The van der Waals surface area contributed by atoms with Gasteiger partial charge in [0.2, 0.25) is 0 Å². The van der Waals surface area contributed by atoms with E-state index in [1.807, 2.05) is 0 Å². The number of carbonyl (C=O) groups excluding carboxylic acids is 1. The smallest absolute Gasteiger partial charge is 0.387 e. The molecule has 0 aliphatic heterocycles. The molecule has 1 amide bonds. The lowest BCUT2D eigenvalue weighted by Gasteiger charge is -2.16. The summed E-state index contributed by atoms with van der Waals surface area (Å²) in [4.78, 5) is 12.2. The Morgan fingerprint density at radius 3 is 2.59 bits per heavy atom. The maximum atomic E-state index is 12.2. The first-order valence-electron chi connectivity index (χ1n) is 6.57. The zero-order valence-electron chi connectivity index (χ0n) is 11.7. The van der Waals surface area contributed by atoms with E-state index in [-0.39, 0.29) is 17.7 Å². The first-order valence-corrected chi connectivity index (χ1v) is 6.95. The van der Waals surface area contributed by atoms with Gasteiger partial charge in [-0.1, -0.05) is 35.9 Å². The van der Waals surface area contributed by atoms with Crippen LogP contribution in [0.1, 0.15) is 28.9 Å². The second-order valence-electron chi connectivity index (χ2n) is 4.63. The molecule has 0 spiro atoms. The summed E-state index contributed by atoms with van der Waals surface area (Å²) in [7, 11) is 0. The van der Waals surface area contributed by atoms with E-state index < -0.39 is 6.61 Å². The Morgan fingerprint density at radius 1 is 1.18 bits per heavy atom. The van der Waals surface area contributed by atoms with Crippen molar-refractivity contribution in [2.75, 3.05) is 0 Å². The predicted octanol–water partition coefficient (Wildman–Crippen LogP) is 4.43. The number of hydrogen-bond donors (Lipinski definition) is 1. The highest BCUT2D eigenvalue weighted by Crippen LogP contribution is 2.22. The number of benzene rings is 2. The van der Waals surface area contributed by atoms with Gasteiger partial charge < -0.3 is 10.1 Å². The number of halogens is 3. The van der Waals surface area contributed by atoms with Gasteiger partial charge in [0.15, 0.2) is 0 Å². The molecule has 0 aliphatic rings. The summed E-state index contributed by atoms with van der Waals surface area (Å²) in [5.74, 6) is -0.287. The average molecular weight is 326 g/mol. The topological polar surface area (TPSA) is 38.3 Å². The molecule has 6 heteroatoms. The summed E-state index contributed by atoms with van der Waals surface area (Å²) < 4.78 is 28.8. The van der Waals surface area contributed by atoms with Gasteiger partial charge in [-0.2, -0.15) is 8.78 Å². The zero-order chi connectivity index (χ0) is 16.1. The van der Waals surface area contributed by atoms with Crippen LogP contribution in [0.4, 0.5) is 8.78 Å². The second-order valence-corrected chi connectivity index (χ2v) is 5.03. The standard InChI is InChI=1S/C16H14ClF2NO2/c1-10(11-5-4-6-12(9-11)22-16(18)19)20-15(21)13-7-2-3-8-14(13)17/h2-10,16H,1H3,(H,20,21)/t10-/m1/s1. The van der Waals surface area contributed by atoms with Crippen molar-refractivity contribution in [3.63, 3.8) is 0 Å². The molecular formula is C16H14ClF2NO2. The molecule has 22 heavy (non-hydrogen) atoms. The first kappa shape index (κ1) is 16.2. The van der Waals surface area contributed by atoms with Crippen LogP contribution >= 0.6 is 11.6 Å². The molecule has 0 heterocycles. The van der Waals surface area contributed by atoms with Gasteiger partial charge in [-0.3, -0.25) is 4.79 Å². The molecule has 1 N–H and O–H groups in total. The van der Waals surface area contributed by atoms with Crippen LogP contribution < -0.4 is 10.1 Å². The van der Waals surface area contributed by atoms with E-state index in [2.05, 4.69) is 10.1 Å². The van der Waals surface area contributed by atoms with Crippen molar-refractivity contribution < 1.29 is 18.3 Å². The Hall–Kier alpha value is -2.14. The first-order chi connectivity index (χ1) is 10.5. The summed E-state index contributed by atoms with van der Waals surface area (Å²) in [5, 5.41) is 3.12. The highest BCUT2D eigenvalue weighted by Gasteiger charge is 2.14. The third kappa shape index (κ3) is 4.18. The van der Waals surface area contributed by atoms with Crippen molar-refractivity contribution in [1.29, 1.82) is 0 Å². The van der Waals surface area contributed by atoms with Gasteiger partial charge in [-0.05, 0) is 36.8 Å². The molecule has 0 saturated heterocycles. The Balaban J connectivity index is 2.10. The normalized spacial score (nSPS) is 12.0. The van der Waals surface area contributed by atoms with E-state index in [9.17, 15) is 13.6 Å². The number of ether oxygens (including phenoxy) is 1. The van der Waals surface area contributed by atoms with E-state index in [1.165, 1.54) is 12.1 Å². The van der Waals surface area contributed by atoms with Crippen molar-refractivity contribution in [1.82, 2.24) is 5.32 Å². The highest BCUT2D eigenvalue weighted by atomic mass is 35.5. The minimum Gasteiger partial charge on any atom is -0.435 e. The van der Waals surface area contributed by atoms with Crippen molar-refractivity contribution in [2.24, 2.45) is 0 Å². The summed E-state index contributed by atoms with van der Waals surface area (Å²) >= 11 is 5.97. The third-order valence-corrected chi connectivity index (χ3v) is 3.38. The van der Waals surface area contributed by atoms with Gasteiger partial charge in [-0.25, -0.2) is 0 Å². The van der Waals surface area contributed by atoms with Crippen molar-refractivity contribution in [3.05, 3.63) is 64.7 Å². The zero-order valence-corrected chi connectivity index (χ0v) is 12.5. The number of amides is 1. The molecular weight excluding hydrogens is 312 g/mol. The minimum absolute atomic E-state index is 0.0475. The van der Waals surface area contributed by atoms with Gasteiger partial charge in [0.05, 0.1) is 16.6 Å². The monoisotopic (exact) mass is 325 g/mol. The maximum absolute atomic E-state index is 12.2. The lowest BCUT2D eigenvalue weighted by molar-refractivity contribution is -0.0499. The van der Waals surface area contributed by atoms with E-state index in [0.29, 0.717) is 16.1 Å². The quantitative estimate of drug-likeness (QED) is 0.883. The lowest BCUT2D eigenvalue weighted by Crippen LogP contribution is -2.26. The largest absolute Gasteiger partial charge is 0.435 e. The molecule has 2 aromatic rings. The van der Waals surface area contributed by atoms with E-state index in [0.717, 1.165) is 0 Å². The third-order valence-electron chi connectivity index (χ3n) is 3.05. The Kier molecular flexibility index (Phi) is 5.33. The van der Waals surface area contributed by atoms with E-state index >= 15 is 0 Å². The number of rotatable bonds is 5. The van der Waals surface area contributed by atoms with Gasteiger partial charge in [0.25, 0.3) is 5.91 Å². The predicted molar refractivity (Wildman–Crippen MR) is 80.4 cm³/mol. The van der Waals surface area contributed by atoms with Gasteiger partial charge in [-0.15, -0.1) is 0 Å². The molecule has 116 valence electrons. The Morgan fingerprint density at radius 2 is 1.91 bits per heavy atom. The second kappa shape index (κ2) is 7.22. The van der Waals surface area contributed by atoms with Crippen molar-refractivity contribution in [3.8, 4) is 5.75 Å². The van der Waals surface area contributed by atoms with E-state index in [4.69, 9.17) is 11.6 Å². The van der Waals surface area contributed by atoms with Gasteiger partial charge >= 0.3 is 6.61 Å². The molecule has 3 nitrogen and oxygen atoms in total. The Labute approximate surface area is 131 Å². The van der Waals surface area contributed by atoms with Gasteiger partial charge in [0, 0.05) is 0 Å². The Bertz CT molecular complexity index is 664. The summed E-state index contributed by atoms with van der Waals surface area (Å²) in [6, 6.07) is 12.5. The van der Waals surface area contributed by atoms with Crippen LogP contribution in [0, 0.1) is 0 Å². The molecule has 2 aromatic carbocycles. The highest BCUT2D eigenvalue weighted by molar-refractivity contribution is 6.33. The SMILES string of the molecule is C[C@@H](NC(=O)c1ccccc1Cl)c1cccc(OC(F)F)c1. The molecule has 0 aromatic heterocycles. The number of nitrogens with one attached hydrogen (secondary N) is 1. The number of hydrogen-bond acceptors (Lipinski definition) is 2. The fraction of sp³-hybridized carbons (Fsp3) is 0.188. The van der Waals surface area contributed by atoms with Crippen LogP contribution in [-0.4, -0.2) is 12.5 Å². The van der Waals surface area contributed by atoms with Crippen molar-refractivity contribution in [2.45, 2.75) is 19.6 Å². The minimum atomic E-state index is -2.89. The van der Waals surface area contributed by atoms with Crippen LogP contribution in [-0.2, 0) is 0 Å². The molecule has 0 aliphatic carbocycles. The van der Waals surface area contributed by atoms with Crippen LogP contribution in [0.3, 0.4) is 0 Å². The van der Waals surface area contributed by atoms with E-state index in [1.54, 1.807) is 43.3 Å². The molecule has 1 atom stereocenters. The van der Waals surface area contributed by atoms with Gasteiger partial charge in [0.1, 0.15) is 5.75 Å². The molecule has 0 unspecified atom stereocenters. The fourth-order valence-electron chi connectivity index (χ4n) is 1.96.